The number of nitrogens with one attached hydrogen (secondary N) is 1. The average Bonchev–Trinajstić information content (AvgIpc) is 2.95. The van der Waals surface area contributed by atoms with E-state index in [-0.39, 0.29) is 11.4 Å². The summed E-state index contributed by atoms with van der Waals surface area (Å²) in [6.45, 7) is 0.509. The molecule has 1 fully saturated rings. The molecular weight excluding hydrogens is 266 g/mol. The van der Waals surface area contributed by atoms with Crippen LogP contribution in [-0.2, 0) is 10.0 Å². The number of nitrogen functional groups attached to an aromatic ring is 1. The Morgan fingerprint density at radius 3 is 2.89 bits per heavy atom. The number of anilines is 1. The number of H-pyrrole nitrogens is 1. The van der Waals surface area contributed by atoms with Gasteiger partial charge in [-0.1, -0.05) is 0 Å². The first-order valence-electron chi connectivity index (χ1n) is 6.03. The van der Waals surface area contributed by atoms with Crippen LogP contribution in [0.15, 0.2) is 29.3 Å². The Labute approximate surface area is 110 Å². The molecule has 1 aromatic heterocycles. The first-order valence-corrected chi connectivity index (χ1v) is 7.47. The van der Waals surface area contributed by atoms with Crippen LogP contribution in [-0.4, -0.2) is 42.0 Å². The van der Waals surface area contributed by atoms with Gasteiger partial charge in [0.1, 0.15) is 4.90 Å². The fourth-order valence-electron chi connectivity index (χ4n) is 2.40. The fraction of sp³-hybridized carbons (Fsp3) is 0.333. The Morgan fingerprint density at radius 2 is 2.21 bits per heavy atom. The highest BCUT2D eigenvalue weighted by Crippen LogP contribution is 2.28. The van der Waals surface area contributed by atoms with Crippen molar-refractivity contribution in [1.82, 2.24) is 9.29 Å². The molecule has 6 nitrogen and oxygen atoms in total. The topological polar surface area (TPSA) is 99.4 Å². The number of sulfonamides is 1. The molecule has 2 heterocycles. The lowest BCUT2D eigenvalue weighted by Crippen LogP contribution is -2.29. The van der Waals surface area contributed by atoms with E-state index in [1.54, 1.807) is 18.2 Å². The molecule has 1 aliphatic rings. The Kier molecular flexibility index (Phi) is 2.77. The summed E-state index contributed by atoms with van der Waals surface area (Å²) >= 11 is 0. The van der Waals surface area contributed by atoms with E-state index in [2.05, 4.69) is 4.98 Å². The lowest BCUT2D eigenvalue weighted by Gasteiger charge is -2.14. The average molecular weight is 281 g/mol. The van der Waals surface area contributed by atoms with E-state index < -0.39 is 16.1 Å². The minimum atomic E-state index is -3.57. The largest absolute Gasteiger partial charge is 0.399 e. The van der Waals surface area contributed by atoms with Crippen molar-refractivity contribution >= 4 is 26.6 Å². The normalized spacial score (nSPS) is 21.2. The van der Waals surface area contributed by atoms with Crippen molar-refractivity contribution in [3.05, 3.63) is 24.4 Å². The number of hydrogen-bond acceptors (Lipinski definition) is 4. The summed E-state index contributed by atoms with van der Waals surface area (Å²) < 4.78 is 26.3. The molecule has 1 aromatic carbocycles. The summed E-state index contributed by atoms with van der Waals surface area (Å²) in [5.74, 6) is 0. The van der Waals surface area contributed by atoms with Gasteiger partial charge in [0.25, 0.3) is 0 Å². The van der Waals surface area contributed by atoms with Crippen molar-refractivity contribution < 1.29 is 13.5 Å². The number of hydrogen-bond donors (Lipinski definition) is 3. The molecule has 19 heavy (non-hydrogen) atoms. The van der Waals surface area contributed by atoms with Gasteiger partial charge < -0.3 is 15.8 Å². The molecule has 3 rings (SSSR count). The van der Waals surface area contributed by atoms with Crippen LogP contribution in [0.1, 0.15) is 6.42 Å². The fourth-order valence-corrected chi connectivity index (χ4v) is 4.05. The molecule has 0 saturated carbocycles. The third-order valence-corrected chi connectivity index (χ3v) is 5.32. The summed E-state index contributed by atoms with van der Waals surface area (Å²) in [5, 5.41) is 10.1. The van der Waals surface area contributed by atoms with E-state index in [0.29, 0.717) is 29.6 Å². The lowest BCUT2D eigenvalue weighted by atomic mass is 10.2. The molecular formula is C12H15N3O3S. The molecule has 2 aromatic rings. The van der Waals surface area contributed by atoms with Gasteiger partial charge in [0.05, 0.1) is 6.10 Å². The van der Waals surface area contributed by atoms with E-state index in [1.807, 2.05) is 0 Å². The SMILES string of the molecule is Nc1ccc2c(S(=O)(=O)N3CCC(O)C3)c[nH]c2c1. The van der Waals surface area contributed by atoms with Crippen molar-refractivity contribution in [1.29, 1.82) is 0 Å². The van der Waals surface area contributed by atoms with Crippen LogP contribution in [0.5, 0.6) is 0 Å². The number of fused-ring (bicyclic) bond motifs is 1. The third kappa shape index (κ3) is 1.99. The molecule has 0 bridgehead atoms. The second-order valence-electron chi connectivity index (χ2n) is 4.76. The standard InChI is InChI=1S/C12H15N3O3S/c13-8-1-2-10-11(5-8)14-6-12(10)19(17,18)15-4-3-9(16)7-15/h1-2,5-6,9,14,16H,3-4,7,13H2. The number of rotatable bonds is 2. The van der Waals surface area contributed by atoms with Gasteiger partial charge in [-0.3, -0.25) is 0 Å². The molecule has 102 valence electrons. The van der Waals surface area contributed by atoms with Gasteiger partial charge >= 0.3 is 0 Å². The highest BCUT2D eigenvalue weighted by Gasteiger charge is 2.33. The number of nitrogens with two attached hydrogens (primary N) is 1. The smallest absolute Gasteiger partial charge is 0.245 e. The Morgan fingerprint density at radius 1 is 1.42 bits per heavy atom. The number of nitrogens with zero attached hydrogens (tertiary/aromatic N) is 1. The van der Waals surface area contributed by atoms with Gasteiger partial charge in [-0.2, -0.15) is 4.31 Å². The van der Waals surface area contributed by atoms with E-state index in [4.69, 9.17) is 5.73 Å². The number of benzene rings is 1. The maximum Gasteiger partial charge on any atom is 0.245 e. The molecule has 0 radical (unpaired) electrons. The minimum Gasteiger partial charge on any atom is -0.399 e. The molecule has 1 unspecified atom stereocenters. The molecule has 1 aliphatic heterocycles. The number of aromatic amines is 1. The third-order valence-electron chi connectivity index (χ3n) is 3.41. The van der Waals surface area contributed by atoms with Crippen molar-refractivity contribution in [3.8, 4) is 0 Å². The predicted octanol–water partition coefficient (Wildman–Crippen LogP) is 0.505. The zero-order valence-corrected chi connectivity index (χ0v) is 11.0. The van der Waals surface area contributed by atoms with Gasteiger partial charge in [-0.05, 0) is 24.6 Å². The lowest BCUT2D eigenvalue weighted by molar-refractivity contribution is 0.189. The van der Waals surface area contributed by atoms with Crippen molar-refractivity contribution in [2.75, 3.05) is 18.8 Å². The summed E-state index contributed by atoms with van der Waals surface area (Å²) in [5.41, 5.74) is 6.94. The van der Waals surface area contributed by atoms with Gasteiger partial charge in [-0.15, -0.1) is 0 Å². The van der Waals surface area contributed by atoms with Crippen LogP contribution in [0.25, 0.3) is 10.9 Å². The maximum absolute atomic E-state index is 12.5. The Balaban J connectivity index is 2.09. The number of aromatic nitrogens is 1. The summed E-state index contributed by atoms with van der Waals surface area (Å²) in [4.78, 5) is 3.15. The van der Waals surface area contributed by atoms with Crippen molar-refractivity contribution in [2.24, 2.45) is 0 Å². The van der Waals surface area contributed by atoms with Crippen molar-refractivity contribution in [2.45, 2.75) is 17.4 Å². The highest BCUT2D eigenvalue weighted by atomic mass is 32.2. The highest BCUT2D eigenvalue weighted by molar-refractivity contribution is 7.89. The van der Waals surface area contributed by atoms with Crippen LogP contribution in [0, 0.1) is 0 Å². The van der Waals surface area contributed by atoms with Crippen LogP contribution in [0.2, 0.25) is 0 Å². The first kappa shape index (κ1) is 12.5. The number of aliphatic hydroxyl groups excluding tert-OH is 1. The molecule has 0 aliphatic carbocycles. The second kappa shape index (κ2) is 4.22. The zero-order valence-electron chi connectivity index (χ0n) is 10.2. The number of β-amino-alcohol motifs (C(OH)–C–C–N with tert-alkyl or cyclic N) is 1. The second-order valence-corrected chi connectivity index (χ2v) is 6.67. The summed E-state index contributed by atoms with van der Waals surface area (Å²) in [6, 6.07) is 5.07. The van der Waals surface area contributed by atoms with Gasteiger partial charge in [0.15, 0.2) is 0 Å². The maximum atomic E-state index is 12.5. The van der Waals surface area contributed by atoms with E-state index in [9.17, 15) is 13.5 Å². The van der Waals surface area contributed by atoms with Gasteiger partial charge in [0.2, 0.25) is 10.0 Å². The van der Waals surface area contributed by atoms with Crippen LogP contribution in [0.3, 0.4) is 0 Å². The van der Waals surface area contributed by atoms with Crippen LogP contribution in [0.4, 0.5) is 5.69 Å². The summed E-state index contributed by atoms with van der Waals surface area (Å²) in [6.07, 6.45) is 1.38. The first-order chi connectivity index (χ1) is 8.98. The van der Waals surface area contributed by atoms with Crippen LogP contribution < -0.4 is 5.73 Å². The Hall–Kier alpha value is -1.57. The van der Waals surface area contributed by atoms with E-state index in [1.165, 1.54) is 10.5 Å². The summed E-state index contributed by atoms with van der Waals surface area (Å²) in [7, 11) is -3.57. The molecule has 1 atom stereocenters. The van der Waals surface area contributed by atoms with E-state index >= 15 is 0 Å². The molecule has 0 spiro atoms. The van der Waals surface area contributed by atoms with Crippen molar-refractivity contribution in [3.63, 3.8) is 0 Å². The van der Waals surface area contributed by atoms with Crippen LogP contribution >= 0.6 is 0 Å². The number of aliphatic hydroxyl groups is 1. The molecule has 0 amide bonds. The minimum absolute atomic E-state index is 0.157. The molecule has 1 saturated heterocycles. The monoisotopic (exact) mass is 281 g/mol. The quantitative estimate of drug-likeness (QED) is 0.698. The molecule has 7 heteroatoms. The van der Waals surface area contributed by atoms with Gasteiger partial charge in [-0.25, -0.2) is 8.42 Å². The van der Waals surface area contributed by atoms with Gasteiger partial charge in [0, 0.05) is 35.9 Å². The predicted molar refractivity (Wildman–Crippen MR) is 72.1 cm³/mol. The zero-order chi connectivity index (χ0) is 13.6. The molecule has 4 N–H and O–H groups in total. The Bertz CT molecular complexity index is 723. The van der Waals surface area contributed by atoms with E-state index in [0.717, 1.165) is 0 Å².